The van der Waals surface area contributed by atoms with Crippen LogP contribution in [0, 0.1) is 0 Å². The van der Waals surface area contributed by atoms with E-state index in [0.29, 0.717) is 27.5 Å². The molecule has 34 heavy (non-hydrogen) atoms. The first kappa shape index (κ1) is 27.5. The number of benzene rings is 2. The molecule has 2 rings (SSSR count). The number of carbonyl (C=O) groups excluding carboxylic acids is 2. The first-order valence-corrected chi connectivity index (χ1v) is 12.4. The van der Waals surface area contributed by atoms with Gasteiger partial charge in [0.1, 0.15) is 12.6 Å². The van der Waals surface area contributed by atoms with Crippen LogP contribution in [0.25, 0.3) is 0 Å². The van der Waals surface area contributed by atoms with E-state index in [4.69, 9.17) is 11.6 Å². The number of anilines is 1. The molecule has 0 aliphatic carbocycles. The van der Waals surface area contributed by atoms with Crippen molar-refractivity contribution in [2.24, 2.45) is 0 Å². The highest BCUT2D eigenvalue weighted by molar-refractivity contribution is 7.92. The number of nitrogens with one attached hydrogen (secondary N) is 1. The Labute approximate surface area is 201 Å². The lowest BCUT2D eigenvalue weighted by Gasteiger charge is -2.31. The molecule has 1 N–H and O–H groups in total. The molecule has 0 saturated heterocycles. The molecule has 0 aliphatic rings. The minimum Gasteiger partial charge on any atom is -0.355 e. The molecule has 0 unspecified atom stereocenters. The highest BCUT2D eigenvalue weighted by Crippen LogP contribution is 2.32. The number of carbonyl (C=O) groups is 2. The molecule has 1 atom stereocenters. The fourth-order valence-corrected chi connectivity index (χ4v) is 4.11. The number of sulfonamides is 1. The number of rotatable bonds is 9. The first-order valence-electron chi connectivity index (χ1n) is 10.2. The molecule has 0 aromatic heterocycles. The fourth-order valence-electron chi connectivity index (χ4n) is 3.14. The van der Waals surface area contributed by atoms with Crippen molar-refractivity contribution in [3.63, 3.8) is 0 Å². The van der Waals surface area contributed by atoms with E-state index in [9.17, 15) is 31.2 Å². The predicted octanol–water partition coefficient (Wildman–Crippen LogP) is 3.68. The largest absolute Gasteiger partial charge is 0.416 e. The minimum absolute atomic E-state index is 0.0471. The van der Waals surface area contributed by atoms with Crippen molar-refractivity contribution in [2.45, 2.75) is 32.6 Å². The lowest BCUT2D eigenvalue weighted by Crippen LogP contribution is -2.51. The summed E-state index contributed by atoms with van der Waals surface area (Å²) in [5.41, 5.74) is -0.749. The zero-order valence-electron chi connectivity index (χ0n) is 18.8. The summed E-state index contributed by atoms with van der Waals surface area (Å²) in [6.07, 6.45) is -3.91. The molecule has 0 radical (unpaired) electrons. The first-order chi connectivity index (χ1) is 15.7. The zero-order chi connectivity index (χ0) is 25.7. The normalized spacial score (nSPS) is 12.7. The number of nitrogens with zero attached hydrogens (tertiary/aromatic N) is 2. The minimum atomic E-state index is -4.70. The second-order valence-corrected chi connectivity index (χ2v) is 9.88. The van der Waals surface area contributed by atoms with Crippen LogP contribution < -0.4 is 9.62 Å². The van der Waals surface area contributed by atoms with E-state index in [2.05, 4.69) is 5.32 Å². The Hall–Kier alpha value is -2.79. The Bertz CT molecular complexity index is 1120. The van der Waals surface area contributed by atoms with Crippen molar-refractivity contribution < 1.29 is 31.2 Å². The van der Waals surface area contributed by atoms with Gasteiger partial charge in [0.05, 0.1) is 17.5 Å². The summed E-state index contributed by atoms with van der Waals surface area (Å²) in [5, 5.41) is 3.07. The van der Waals surface area contributed by atoms with Gasteiger partial charge in [0.2, 0.25) is 21.8 Å². The average Bonchev–Trinajstić information content (AvgIpc) is 2.75. The lowest BCUT2D eigenvalue weighted by atomic mass is 10.1. The maximum atomic E-state index is 13.3. The summed E-state index contributed by atoms with van der Waals surface area (Å²) >= 11 is 5.90. The molecule has 186 valence electrons. The molecule has 7 nitrogen and oxygen atoms in total. The molecule has 2 amide bonds. The van der Waals surface area contributed by atoms with Crippen molar-refractivity contribution in [2.75, 3.05) is 23.7 Å². The Morgan fingerprint density at radius 1 is 1.12 bits per heavy atom. The van der Waals surface area contributed by atoms with Gasteiger partial charge in [-0.15, -0.1) is 0 Å². The maximum absolute atomic E-state index is 13.3. The van der Waals surface area contributed by atoms with E-state index in [1.165, 1.54) is 17.9 Å². The number of amides is 2. The van der Waals surface area contributed by atoms with Crippen LogP contribution in [-0.2, 0) is 32.3 Å². The lowest BCUT2D eigenvalue weighted by molar-refractivity contribution is -0.139. The summed E-state index contributed by atoms with van der Waals surface area (Å²) in [4.78, 5) is 26.9. The highest BCUT2D eigenvalue weighted by atomic mass is 35.5. The van der Waals surface area contributed by atoms with Crippen LogP contribution in [0.1, 0.15) is 25.0 Å². The zero-order valence-corrected chi connectivity index (χ0v) is 20.3. The highest BCUT2D eigenvalue weighted by Gasteiger charge is 2.33. The molecular formula is C22H25ClF3N3O4S. The van der Waals surface area contributed by atoms with Crippen LogP contribution in [0.3, 0.4) is 0 Å². The van der Waals surface area contributed by atoms with Gasteiger partial charge in [-0.1, -0.05) is 29.8 Å². The Kier molecular flexibility index (Phi) is 8.96. The van der Waals surface area contributed by atoms with Crippen molar-refractivity contribution in [3.05, 3.63) is 64.7 Å². The Morgan fingerprint density at radius 3 is 2.26 bits per heavy atom. The third-order valence-electron chi connectivity index (χ3n) is 4.93. The summed E-state index contributed by atoms with van der Waals surface area (Å²) in [7, 11) is -4.14. The number of hydrogen-bond acceptors (Lipinski definition) is 4. The summed E-state index contributed by atoms with van der Waals surface area (Å²) in [5.74, 6) is -1.23. The summed E-state index contributed by atoms with van der Waals surface area (Å²) < 4.78 is 64.9. The molecular weight excluding hydrogens is 495 g/mol. The van der Waals surface area contributed by atoms with Crippen molar-refractivity contribution in [3.8, 4) is 0 Å². The van der Waals surface area contributed by atoms with E-state index >= 15 is 0 Å². The van der Waals surface area contributed by atoms with Gasteiger partial charge in [-0.3, -0.25) is 13.9 Å². The van der Waals surface area contributed by atoms with Crippen molar-refractivity contribution in [1.29, 1.82) is 0 Å². The van der Waals surface area contributed by atoms with E-state index in [0.717, 1.165) is 18.4 Å². The van der Waals surface area contributed by atoms with Crippen LogP contribution in [0.2, 0.25) is 5.02 Å². The summed E-state index contributed by atoms with van der Waals surface area (Å²) in [6.45, 7) is 2.65. The van der Waals surface area contributed by atoms with Gasteiger partial charge >= 0.3 is 6.18 Å². The topological polar surface area (TPSA) is 86.8 Å². The Balaban J connectivity index is 2.42. The van der Waals surface area contributed by atoms with Crippen molar-refractivity contribution >= 4 is 39.1 Å². The predicted molar refractivity (Wildman–Crippen MR) is 124 cm³/mol. The van der Waals surface area contributed by atoms with Crippen molar-refractivity contribution in [1.82, 2.24) is 10.2 Å². The second-order valence-electron chi connectivity index (χ2n) is 7.54. The second kappa shape index (κ2) is 11.1. The van der Waals surface area contributed by atoms with E-state index in [1.54, 1.807) is 31.2 Å². The molecule has 0 heterocycles. The van der Waals surface area contributed by atoms with Crippen LogP contribution in [0.15, 0.2) is 48.5 Å². The van der Waals surface area contributed by atoms with E-state index in [-0.39, 0.29) is 12.2 Å². The molecule has 0 bridgehead atoms. The smallest absolute Gasteiger partial charge is 0.355 e. The van der Waals surface area contributed by atoms with Gasteiger partial charge in [0.15, 0.2) is 0 Å². The molecule has 0 spiro atoms. The average molecular weight is 520 g/mol. The van der Waals surface area contributed by atoms with Gasteiger partial charge < -0.3 is 10.2 Å². The van der Waals surface area contributed by atoms with Gasteiger partial charge in [-0.25, -0.2) is 8.42 Å². The molecule has 2 aromatic carbocycles. The molecule has 0 fully saturated rings. The van der Waals surface area contributed by atoms with Gasteiger partial charge in [-0.2, -0.15) is 13.2 Å². The Morgan fingerprint density at radius 2 is 1.74 bits per heavy atom. The SMILES string of the molecule is CCNC(=O)[C@H](C)N(Cc1ccc(Cl)cc1)C(=O)CN(c1cccc(C(F)(F)F)c1)S(C)(=O)=O. The molecule has 0 saturated carbocycles. The third kappa shape index (κ3) is 7.36. The number of halogens is 4. The molecule has 0 aliphatic heterocycles. The quantitative estimate of drug-likeness (QED) is 0.547. The van der Waals surface area contributed by atoms with Crippen LogP contribution >= 0.6 is 11.6 Å². The third-order valence-corrected chi connectivity index (χ3v) is 6.32. The van der Waals surface area contributed by atoms with Gasteiger partial charge in [0, 0.05) is 18.1 Å². The molecule has 12 heteroatoms. The fraction of sp³-hybridized carbons (Fsp3) is 0.364. The van der Waals surface area contributed by atoms with Gasteiger partial charge in [-0.05, 0) is 49.7 Å². The summed E-state index contributed by atoms with van der Waals surface area (Å²) in [6, 6.07) is 9.20. The number of alkyl halides is 3. The number of likely N-dealkylation sites (N-methyl/N-ethyl adjacent to an activating group) is 1. The maximum Gasteiger partial charge on any atom is 0.416 e. The van der Waals surface area contributed by atoms with Gasteiger partial charge in [0.25, 0.3) is 0 Å². The van der Waals surface area contributed by atoms with Crippen LogP contribution in [0.5, 0.6) is 0 Å². The van der Waals surface area contributed by atoms with E-state index < -0.39 is 46.2 Å². The monoisotopic (exact) mass is 519 g/mol. The van der Waals surface area contributed by atoms with Crippen LogP contribution in [-0.4, -0.2) is 50.5 Å². The van der Waals surface area contributed by atoms with E-state index in [1.807, 2.05) is 0 Å². The standard InChI is InChI=1S/C22H25ClF3N3O4S/c1-4-27-21(31)15(2)28(13-16-8-10-18(23)11-9-16)20(30)14-29(34(3,32)33)19-7-5-6-17(12-19)22(24,25)26/h5-12,15H,4,13-14H2,1-3H3,(H,27,31)/t15-/m0/s1. The number of hydrogen-bond donors (Lipinski definition) is 1. The molecule has 2 aromatic rings. The van der Waals surface area contributed by atoms with Crippen LogP contribution in [0.4, 0.5) is 18.9 Å².